The van der Waals surface area contributed by atoms with Crippen LogP contribution in [0.1, 0.15) is 16.8 Å². The smallest absolute Gasteiger partial charge is 0.410 e. The molecule has 0 atom stereocenters. The highest BCUT2D eigenvalue weighted by Gasteiger charge is 2.10. The van der Waals surface area contributed by atoms with Gasteiger partial charge in [-0.15, -0.1) is 0 Å². The van der Waals surface area contributed by atoms with Crippen molar-refractivity contribution in [2.75, 3.05) is 5.32 Å². The van der Waals surface area contributed by atoms with Crippen LogP contribution in [0.25, 0.3) is 0 Å². The molecule has 0 radical (unpaired) electrons. The number of nitrogens with one attached hydrogen (secondary N) is 1. The minimum Gasteiger partial charge on any atom is -0.489 e. The Bertz CT molecular complexity index is 1010. The van der Waals surface area contributed by atoms with Gasteiger partial charge in [-0.05, 0) is 42.5 Å². The van der Waals surface area contributed by atoms with E-state index in [1.807, 2.05) is 0 Å². The maximum absolute atomic E-state index is 14.0. The van der Waals surface area contributed by atoms with E-state index >= 15 is 0 Å². The molecule has 0 bridgehead atoms. The number of benzene rings is 2. The van der Waals surface area contributed by atoms with Crippen molar-refractivity contribution in [3.05, 3.63) is 87.3 Å². The standard InChI is InChI=1S/C20H15Cl2FN2O3/c21-14-6-7-18(28-11-12-4-5-15(22)10-17(12)23)13(8-14)9-16-2-1-3-19(24-16)25-20(26)27/h1-8,10H,9,11H2,(H,24,25)(H,26,27). The number of aromatic nitrogens is 1. The van der Waals surface area contributed by atoms with Gasteiger partial charge in [0, 0.05) is 33.3 Å². The van der Waals surface area contributed by atoms with E-state index in [2.05, 4.69) is 10.3 Å². The molecule has 0 aliphatic rings. The van der Waals surface area contributed by atoms with Crippen LogP contribution in [0.2, 0.25) is 10.0 Å². The van der Waals surface area contributed by atoms with E-state index in [1.165, 1.54) is 6.07 Å². The third kappa shape index (κ3) is 5.34. The Balaban J connectivity index is 1.80. The van der Waals surface area contributed by atoms with Crippen molar-refractivity contribution in [2.45, 2.75) is 13.0 Å². The van der Waals surface area contributed by atoms with Gasteiger partial charge in [0.25, 0.3) is 0 Å². The number of halogens is 3. The van der Waals surface area contributed by atoms with Gasteiger partial charge >= 0.3 is 6.09 Å². The minimum atomic E-state index is -1.19. The first-order valence-corrected chi connectivity index (χ1v) is 8.97. The molecular formula is C20H15Cl2FN2O3. The van der Waals surface area contributed by atoms with Crippen molar-refractivity contribution in [1.82, 2.24) is 4.98 Å². The second kappa shape index (κ2) is 8.91. The van der Waals surface area contributed by atoms with E-state index in [4.69, 9.17) is 33.0 Å². The van der Waals surface area contributed by atoms with Gasteiger partial charge in [0.1, 0.15) is 24.0 Å². The fraction of sp³-hybridized carbons (Fsp3) is 0.100. The van der Waals surface area contributed by atoms with E-state index in [0.29, 0.717) is 33.5 Å². The van der Waals surface area contributed by atoms with Crippen molar-refractivity contribution in [1.29, 1.82) is 0 Å². The van der Waals surface area contributed by atoms with Crippen LogP contribution in [-0.2, 0) is 13.0 Å². The number of nitrogens with zero attached hydrogens (tertiary/aromatic N) is 1. The summed E-state index contributed by atoms with van der Waals surface area (Å²) in [5.41, 5.74) is 1.73. The fourth-order valence-corrected chi connectivity index (χ4v) is 2.93. The van der Waals surface area contributed by atoms with Crippen LogP contribution in [0.15, 0.2) is 54.6 Å². The second-order valence-corrected chi connectivity index (χ2v) is 6.77. The maximum Gasteiger partial charge on any atom is 0.410 e. The molecule has 2 N–H and O–H groups in total. The summed E-state index contributed by atoms with van der Waals surface area (Å²) >= 11 is 11.9. The molecule has 0 aliphatic heterocycles. The molecule has 0 fully saturated rings. The van der Waals surface area contributed by atoms with E-state index in [0.717, 1.165) is 5.56 Å². The molecule has 3 rings (SSSR count). The first-order chi connectivity index (χ1) is 13.4. The predicted molar refractivity (Wildman–Crippen MR) is 106 cm³/mol. The number of pyridine rings is 1. The summed E-state index contributed by atoms with van der Waals surface area (Å²) in [6.07, 6.45) is -0.838. The molecule has 3 aromatic rings. The van der Waals surface area contributed by atoms with E-state index < -0.39 is 11.9 Å². The van der Waals surface area contributed by atoms with Crippen molar-refractivity contribution in [3.8, 4) is 5.75 Å². The fourth-order valence-electron chi connectivity index (χ4n) is 2.57. The number of anilines is 1. The molecule has 1 aromatic heterocycles. The Morgan fingerprint density at radius 3 is 2.57 bits per heavy atom. The van der Waals surface area contributed by atoms with Crippen LogP contribution in [0.5, 0.6) is 5.75 Å². The quantitative estimate of drug-likeness (QED) is 0.529. The van der Waals surface area contributed by atoms with Gasteiger partial charge in [-0.2, -0.15) is 0 Å². The zero-order valence-corrected chi connectivity index (χ0v) is 16.0. The average molecular weight is 421 g/mol. The number of carboxylic acid groups (broad SMARTS) is 1. The van der Waals surface area contributed by atoms with E-state index in [9.17, 15) is 9.18 Å². The van der Waals surface area contributed by atoms with E-state index in [1.54, 1.807) is 48.5 Å². The molecule has 1 heterocycles. The molecule has 8 heteroatoms. The van der Waals surface area contributed by atoms with Gasteiger partial charge in [-0.1, -0.05) is 35.3 Å². The highest BCUT2D eigenvalue weighted by Crippen LogP contribution is 2.27. The number of hydrogen-bond donors (Lipinski definition) is 2. The lowest BCUT2D eigenvalue weighted by Gasteiger charge is -2.13. The van der Waals surface area contributed by atoms with Gasteiger partial charge in [0.2, 0.25) is 0 Å². The predicted octanol–water partition coefficient (Wildman–Crippen LogP) is 5.79. The molecule has 0 aliphatic carbocycles. The van der Waals surface area contributed by atoms with Gasteiger partial charge in [-0.3, -0.25) is 5.32 Å². The average Bonchev–Trinajstić information content (AvgIpc) is 2.62. The van der Waals surface area contributed by atoms with Crippen molar-refractivity contribution in [2.24, 2.45) is 0 Å². The third-order valence-corrected chi connectivity index (χ3v) is 4.30. The van der Waals surface area contributed by atoms with Crippen LogP contribution < -0.4 is 10.1 Å². The molecule has 1 amide bonds. The molecule has 0 saturated heterocycles. The van der Waals surface area contributed by atoms with Crippen molar-refractivity contribution in [3.63, 3.8) is 0 Å². The Hall–Kier alpha value is -2.83. The summed E-state index contributed by atoms with van der Waals surface area (Å²) < 4.78 is 19.7. The van der Waals surface area contributed by atoms with Crippen LogP contribution >= 0.6 is 23.2 Å². The summed E-state index contributed by atoms with van der Waals surface area (Å²) in [7, 11) is 0. The van der Waals surface area contributed by atoms with Crippen molar-refractivity contribution < 1.29 is 19.0 Å². The molecule has 0 unspecified atom stereocenters. The monoisotopic (exact) mass is 420 g/mol. The SMILES string of the molecule is O=C(O)Nc1cccc(Cc2cc(Cl)ccc2OCc2ccc(Cl)cc2F)n1. The molecule has 144 valence electrons. The van der Waals surface area contributed by atoms with Gasteiger partial charge in [0.05, 0.1) is 0 Å². The molecule has 2 aromatic carbocycles. The summed E-state index contributed by atoms with van der Waals surface area (Å²) in [5.74, 6) is 0.298. The highest BCUT2D eigenvalue weighted by molar-refractivity contribution is 6.30. The Morgan fingerprint density at radius 2 is 1.82 bits per heavy atom. The van der Waals surface area contributed by atoms with Crippen LogP contribution in [-0.4, -0.2) is 16.2 Å². The normalized spacial score (nSPS) is 10.5. The minimum absolute atomic E-state index is 0.0195. The maximum atomic E-state index is 14.0. The highest BCUT2D eigenvalue weighted by atomic mass is 35.5. The largest absolute Gasteiger partial charge is 0.489 e. The first-order valence-electron chi connectivity index (χ1n) is 8.22. The van der Waals surface area contributed by atoms with Crippen LogP contribution in [0.4, 0.5) is 15.0 Å². The molecule has 5 nitrogen and oxygen atoms in total. The zero-order valence-electron chi connectivity index (χ0n) is 14.5. The Morgan fingerprint density at radius 1 is 1.07 bits per heavy atom. The first kappa shape index (κ1) is 19.9. The number of amides is 1. The number of carbonyl (C=O) groups is 1. The Labute approximate surface area is 170 Å². The topological polar surface area (TPSA) is 71.5 Å². The Kier molecular flexibility index (Phi) is 6.34. The van der Waals surface area contributed by atoms with Crippen LogP contribution in [0.3, 0.4) is 0 Å². The molecule has 0 spiro atoms. The molecule has 0 saturated carbocycles. The summed E-state index contributed by atoms with van der Waals surface area (Å²) in [5, 5.41) is 11.9. The van der Waals surface area contributed by atoms with Gasteiger partial charge in [-0.25, -0.2) is 14.2 Å². The lowest BCUT2D eigenvalue weighted by Crippen LogP contribution is -2.09. The van der Waals surface area contributed by atoms with Crippen molar-refractivity contribution >= 4 is 35.1 Å². The summed E-state index contributed by atoms with van der Waals surface area (Å²) in [6, 6.07) is 14.5. The lowest BCUT2D eigenvalue weighted by molar-refractivity contribution is 0.209. The lowest BCUT2D eigenvalue weighted by atomic mass is 10.1. The second-order valence-electron chi connectivity index (χ2n) is 5.90. The number of rotatable bonds is 6. The molecule has 28 heavy (non-hydrogen) atoms. The van der Waals surface area contributed by atoms with Gasteiger partial charge in [0.15, 0.2) is 0 Å². The summed E-state index contributed by atoms with van der Waals surface area (Å²) in [6.45, 7) is 0.0195. The van der Waals surface area contributed by atoms with E-state index in [-0.39, 0.29) is 12.4 Å². The van der Waals surface area contributed by atoms with Crippen LogP contribution in [0, 0.1) is 5.82 Å². The third-order valence-electron chi connectivity index (χ3n) is 3.83. The van der Waals surface area contributed by atoms with Gasteiger partial charge < -0.3 is 9.84 Å². The number of ether oxygens (including phenoxy) is 1. The number of hydrogen-bond acceptors (Lipinski definition) is 3. The zero-order chi connectivity index (χ0) is 20.1. The molecular weight excluding hydrogens is 406 g/mol. The summed E-state index contributed by atoms with van der Waals surface area (Å²) in [4.78, 5) is 15.0.